The molecule has 0 fully saturated rings. The largest absolute Gasteiger partial charge is 0.465 e. The van der Waals surface area contributed by atoms with Gasteiger partial charge in [-0.05, 0) is 50.5 Å². The highest BCUT2D eigenvalue weighted by atomic mass is 32.1. The van der Waals surface area contributed by atoms with Crippen molar-refractivity contribution < 1.29 is 13.9 Å². The van der Waals surface area contributed by atoms with Gasteiger partial charge < -0.3 is 4.74 Å². The van der Waals surface area contributed by atoms with Crippen LogP contribution in [0, 0.1) is 12.7 Å². The minimum atomic E-state index is -0.264. The fourth-order valence-corrected chi connectivity index (χ4v) is 3.81. The van der Waals surface area contributed by atoms with E-state index < -0.39 is 0 Å². The lowest BCUT2D eigenvalue weighted by Crippen LogP contribution is -2.14. The molecule has 110 valence electrons. The molecule has 21 heavy (non-hydrogen) atoms. The van der Waals surface area contributed by atoms with Crippen molar-refractivity contribution in [2.24, 2.45) is 0 Å². The molecule has 3 nitrogen and oxygen atoms in total. The number of rotatable bonds is 3. The molecule has 0 aliphatic heterocycles. The number of hydrogen-bond acceptors (Lipinski definition) is 4. The normalized spacial score (nSPS) is 16.8. The monoisotopic (exact) mass is 305 g/mol. The van der Waals surface area contributed by atoms with Crippen LogP contribution in [-0.2, 0) is 16.0 Å². The molecule has 0 amide bonds. The Bertz CT molecular complexity index is 675. The summed E-state index contributed by atoms with van der Waals surface area (Å²) in [5, 5.41) is 0.775. The molecule has 0 saturated carbocycles. The third-order valence-corrected chi connectivity index (χ3v) is 4.76. The summed E-state index contributed by atoms with van der Waals surface area (Å²) in [7, 11) is 0. The minimum Gasteiger partial charge on any atom is -0.465 e. The second kappa shape index (κ2) is 5.56. The zero-order valence-electron chi connectivity index (χ0n) is 12.0. The summed E-state index contributed by atoms with van der Waals surface area (Å²) in [5.74, 6) is -0.731. The van der Waals surface area contributed by atoms with Crippen LogP contribution in [0.5, 0.6) is 0 Å². The predicted octanol–water partition coefficient (Wildman–Crippen LogP) is 3.85. The number of aryl methyl sites for hydroxylation is 2. The van der Waals surface area contributed by atoms with E-state index in [9.17, 15) is 9.18 Å². The lowest BCUT2D eigenvalue weighted by atomic mass is 10.1. The van der Waals surface area contributed by atoms with E-state index in [1.807, 2.05) is 13.0 Å². The molecule has 1 aliphatic carbocycles. The standard InChI is InChI=1S/C16H16FNO2S/c1-3-20-16(19)12-4-5-13-14(12)18-15(21-13)10-6-9(2)7-11(17)8-10/h6-8,12H,3-5H2,1-2H3. The van der Waals surface area contributed by atoms with Crippen LogP contribution in [0.2, 0.25) is 0 Å². The fourth-order valence-electron chi connectivity index (χ4n) is 2.68. The fraction of sp³-hybridized carbons (Fsp3) is 0.375. The molecule has 1 aromatic carbocycles. The van der Waals surface area contributed by atoms with Crippen molar-refractivity contribution in [3.63, 3.8) is 0 Å². The summed E-state index contributed by atoms with van der Waals surface area (Å²) in [6.45, 7) is 4.04. The number of ether oxygens (including phenoxy) is 1. The van der Waals surface area contributed by atoms with Crippen molar-refractivity contribution in [3.05, 3.63) is 40.2 Å². The molecule has 2 aromatic rings. The van der Waals surface area contributed by atoms with Crippen LogP contribution in [0.25, 0.3) is 10.6 Å². The van der Waals surface area contributed by atoms with Crippen molar-refractivity contribution in [1.29, 1.82) is 0 Å². The van der Waals surface area contributed by atoms with Gasteiger partial charge in [0.1, 0.15) is 16.7 Å². The number of nitrogens with zero attached hydrogens (tertiary/aromatic N) is 1. The van der Waals surface area contributed by atoms with Crippen molar-refractivity contribution in [2.75, 3.05) is 6.61 Å². The third-order valence-electron chi connectivity index (χ3n) is 3.58. The third kappa shape index (κ3) is 2.70. The second-order valence-electron chi connectivity index (χ2n) is 5.19. The Labute approximate surface area is 126 Å². The van der Waals surface area contributed by atoms with Crippen LogP contribution < -0.4 is 0 Å². The van der Waals surface area contributed by atoms with E-state index in [2.05, 4.69) is 4.98 Å². The summed E-state index contributed by atoms with van der Waals surface area (Å²) >= 11 is 1.55. The van der Waals surface area contributed by atoms with E-state index in [0.29, 0.717) is 6.61 Å². The lowest BCUT2D eigenvalue weighted by molar-refractivity contribution is -0.145. The molecule has 3 rings (SSSR count). The number of aromatic nitrogens is 1. The maximum atomic E-state index is 13.5. The summed E-state index contributed by atoms with van der Waals surface area (Å²) < 4.78 is 18.6. The minimum absolute atomic E-state index is 0.205. The average Bonchev–Trinajstić information content (AvgIpc) is 2.96. The lowest BCUT2D eigenvalue weighted by Gasteiger charge is -2.07. The van der Waals surface area contributed by atoms with Gasteiger partial charge in [-0.25, -0.2) is 9.37 Å². The zero-order valence-corrected chi connectivity index (χ0v) is 12.8. The van der Waals surface area contributed by atoms with Crippen LogP contribution in [-0.4, -0.2) is 17.6 Å². The summed E-state index contributed by atoms with van der Waals surface area (Å²) in [5.41, 5.74) is 2.45. The number of fused-ring (bicyclic) bond motifs is 1. The van der Waals surface area contributed by atoms with Crippen LogP contribution in [0.15, 0.2) is 18.2 Å². The highest BCUT2D eigenvalue weighted by Gasteiger charge is 2.33. The molecule has 0 saturated heterocycles. The molecular weight excluding hydrogens is 289 g/mol. The number of hydrogen-bond donors (Lipinski definition) is 0. The van der Waals surface area contributed by atoms with E-state index in [-0.39, 0.29) is 17.7 Å². The Hall–Kier alpha value is -1.75. The van der Waals surface area contributed by atoms with Gasteiger partial charge >= 0.3 is 5.97 Å². The highest BCUT2D eigenvalue weighted by Crippen LogP contribution is 2.40. The number of thiazole rings is 1. The first-order chi connectivity index (χ1) is 10.1. The van der Waals surface area contributed by atoms with Gasteiger partial charge in [0.2, 0.25) is 0 Å². The number of carbonyl (C=O) groups excluding carboxylic acids is 1. The van der Waals surface area contributed by atoms with Crippen LogP contribution in [0.1, 0.15) is 35.4 Å². The molecule has 1 unspecified atom stereocenters. The Morgan fingerprint density at radius 1 is 1.48 bits per heavy atom. The molecule has 0 N–H and O–H groups in total. The maximum absolute atomic E-state index is 13.5. The Morgan fingerprint density at radius 3 is 3.00 bits per heavy atom. The molecule has 1 aliphatic rings. The first-order valence-corrected chi connectivity index (χ1v) is 7.84. The van der Waals surface area contributed by atoms with Crippen LogP contribution >= 0.6 is 11.3 Å². The van der Waals surface area contributed by atoms with Gasteiger partial charge in [0, 0.05) is 10.4 Å². The molecule has 0 bridgehead atoms. The topological polar surface area (TPSA) is 39.2 Å². The van der Waals surface area contributed by atoms with Crippen molar-refractivity contribution in [1.82, 2.24) is 4.98 Å². The molecule has 0 spiro atoms. The van der Waals surface area contributed by atoms with E-state index in [1.165, 1.54) is 12.1 Å². The molecular formula is C16H16FNO2S. The first-order valence-electron chi connectivity index (χ1n) is 7.02. The highest BCUT2D eigenvalue weighted by molar-refractivity contribution is 7.15. The molecule has 0 radical (unpaired) electrons. The average molecular weight is 305 g/mol. The van der Waals surface area contributed by atoms with E-state index in [0.717, 1.165) is 39.5 Å². The van der Waals surface area contributed by atoms with Gasteiger partial charge in [-0.1, -0.05) is 0 Å². The van der Waals surface area contributed by atoms with E-state index in [1.54, 1.807) is 18.3 Å². The van der Waals surface area contributed by atoms with E-state index in [4.69, 9.17) is 4.74 Å². The Morgan fingerprint density at radius 2 is 2.29 bits per heavy atom. The van der Waals surface area contributed by atoms with Gasteiger partial charge in [0.15, 0.2) is 0 Å². The summed E-state index contributed by atoms with van der Waals surface area (Å²) in [6.07, 6.45) is 1.60. The summed E-state index contributed by atoms with van der Waals surface area (Å²) in [4.78, 5) is 17.6. The second-order valence-corrected chi connectivity index (χ2v) is 6.27. The van der Waals surface area contributed by atoms with Crippen molar-refractivity contribution in [3.8, 4) is 10.6 Å². The SMILES string of the molecule is CCOC(=O)C1CCc2sc(-c3cc(C)cc(F)c3)nc21. The van der Waals surface area contributed by atoms with Crippen LogP contribution in [0.3, 0.4) is 0 Å². The zero-order chi connectivity index (χ0) is 15.0. The van der Waals surface area contributed by atoms with Crippen molar-refractivity contribution in [2.45, 2.75) is 32.6 Å². The van der Waals surface area contributed by atoms with Crippen LogP contribution in [0.4, 0.5) is 4.39 Å². The smallest absolute Gasteiger partial charge is 0.315 e. The predicted molar refractivity (Wildman–Crippen MR) is 79.9 cm³/mol. The van der Waals surface area contributed by atoms with Gasteiger partial charge in [-0.2, -0.15) is 0 Å². The molecule has 1 atom stereocenters. The van der Waals surface area contributed by atoms with Gasteiger partial charge in [-0.3, -0.25) is 4.79 Å². The number of benzene rings is 1. The molecule has 5 heteroatoms. The van der Waals surface area contributed by atoms with Gasteiger partial charge in [0.05, 0.1) is 12.3 Å². The van der Waals surface area contributed by atoms with Gasteiger partial charge in [0.25, 0.3) is 0 Å². The van der Waals surface area contributed by atoms with Crippen molar-refractivity contribution >= 4 is 17.3 Å². The number of esters is 1. The first kappa shape index (κ1) is 14.2. The summed E-state index contributed by atoms with van der Waals surface area (Å²) in [6, 6.07) is 4.89. The van der Waals surface area contributed by atoms with Gasteiger partial charge in [-0.15, -0.1) is 11.3 Å². The Balaban J connectivity index is 1.94. The quantitative estimate of drug-likeness (QED) is 0.809. The Kier molecular flexibility index (Phi) is 3.76. The van der Waals surface area contributed by atoms with E-state index >= 15 is 0 Å². The molecule has 1 heterocycles. The number of halogens is 1. The molecule has 1 aromatic heterocycles. The number of carbonyl (C=O) groups is 1. The maximum Gasteiger partial charge on any atom is 0.315 e.